The zero-order valence-electron chi connectivity index (χ0n) is 14.0. The average molecular weight is 427 g/mol. The average Bonchev–Trinajstić information content (AvgIpc) is 2.93. The maximum absolute atomic E-state index is 12.8. The molecule has 1 amide bonds. The maximum Gasteiger partial charge on any atom is 0.253 e. The lowest BCUT2D eigenvalue weighted by atomic mass is 10.2. The maximum atomic E-state index is 12.8. The van der Waals surface area contributed by atoms with Gasteiger partial charge in [0, 0.05) is 36.2 Å². The van der Waals surface area contributed by atoms with E-state index in [9.17, 15) is 13.2 Å². The van der Waals surface area contributed by atoms with Crippen LogP contribution in [0.2, 0.25) is 0 Å². The van der Waals surface area contributed by atoms with Gasteiger partial charge in [0.25, 0.3) is 5.91 Å². The molecule has 2 heterocycles. The van der Waals surface area contributed by atoms with E-state index in [0.29, 0.717) is 30.0 Å². The van der Waals surface area contributed by atoms with Crippen molar-refractivity contribution in [2.75, 3.05) is 26.2 Å². The van der Waals surface area contributed by atoms with Crippen molar-refractivity contribution in [3.63, 3.8) is 0 Å². The molecule has 7 nitrogen and oxygen atoms in total. The highest BCUT2D eigenvalue weighted by atomic mass is 79.9. The van der Waals surface area contributed by atoms with Crippen molar-refractivity contribution in [2.24, 2.45) is 0 Å². The van der Waals surface area contributed by atoms with E-state index in [2.05, 4.69) is 26.1 Å². The predicted octanol–water partition coefficient (Wildman–Crippen LogP) is 1.94. The van der Waals surface area contributed by atoms with E-state index in [-0.39, 0.29) is 23.9 Å². The molecule has 1 aromatic carbocycles. The summed E-state index contributed by atoms with van der Waals surface area (Å²) in [5, 5.41) is 6.68. The van der Waals surface area contributed by atoms with E-state index in [4.69, 9.17) is 0 Å². The van der Waals surface area contributed by atoms with E-state index in [0.717, 1.165) is 4.47 Å². The number of benzene rings is 1. The SMILES string of the molecule is Cc1n[nH]c(C)c1S(=O)(=O)N1CCN(C(=O)c2cccc(Br)c2)CC1. The van der Waals surface area contributed by atoms with E-state index in [1.807, 2.05) is 12.1 Å². The van der Waals surface area contributed by atoms with Crippen molar-refractivity contribution in [1.29, 1.82) is 0 Å². The molecule has 1 saturated heterocycles. The van der Waals surface area contributed by atoms with Gasteiger partial charge in [-0.2, -0.15) is 9.40 Å². The summed E-state index contributed by atoms with van der Waals surface area (Å²) in [4.78, 5) is 14.5. The van der Waals surface area contributed by atoms with Crippen LogP contribution in [0.25, 0.3) is 0 Å². The molecule has 0 saturated carbocycles. The minimum absolute atomic E-state index is 0.0889. The molecule has 0 bridgehead atoms. The third-order valence-electron chi connectivity index (χ3n) is 4.26. The number of amides is 1. The monoisotopic (exact) mass is 426 g/mol. The molecule has 0 unspecified atom stereocenters. The Hall–Kier alpha value is -1.71. The van der Waals surface area contributed by atoms with Gasteiger partial charge in [0.15, 0.2) is 0 Å². The molecule has 0 aliphatic carbocycles. The Kier molecular flexibility index (Phi) is 4.99. The van der Waals surface area contributed by atoms with Crippen LogP contribution >= 0.6 is 15.9 Å². The number of aromatic nitrogens is 2. The standard InChI is InChI=1S/C16H19BrN4O3S/c1-11-15(12(2)19-18-11)25(23,24)21-8-6-20(7-9-21)16(22)13-4-3-5-14(17)10-13/h3-5,10H,6-9H2,1-2H3,(H,18,19). The summed E-state index contributed by atoms with van der Waals surface area (Å²) in [6, 6.07) is 7.19. The molecule has 9 heteroatoms. The zero-order chi connectivity index (χ0) is 18.2. The smallest absolute Gasteiger partial charge is 0.253 e. The number of hydrogen-bond acceptors (Lipinski definition) is 4. The van der Waals surface area contributed by atoms with Crippen molar-refractivity contribution in [2.45, 2.75) is 18.7 Å². The minimum atomic E-state index is -3.61. The van der Waals surface area contributed by atoms with Gasteiger partial charge in [0.1, 0.15) is 4.90 Å². The molecule has 3 rings (SSSR count). The summed E-state index contributed by atoms with van der Waals surface area (Å²) >= 11 is 3.36. The number of carbonyl (C=O) groups excluding carboxylic acids is 1. The highest BCUT2D eigenvalue weighted by molar-refractivity contribution is 9.10. The third kappa shape index (κ3) is 3.49. The summed E-state index contributed by atoms with van der Waals surface area (Å²) in [5.74, 6) is -0.0889. The van der Waals surface area contributed by atoms with Crippen LogP contribution in [-0.4, -0.2) is 59.9 Å². The molecule has 0 spiro atoms. The molecule has 1 aliphatic heterocycles. The van der Waals surface area contributed by atoms with E-state index < -0.39 is 10.0 Å². The lowest BCUT2D eigenvalue weighted by molar-refractivity contribution is 0.0697. The Bertz CT molecular complexity index is 882. The van der Waals surface area contributed by atoms with E-state index in [1.54, 1.807) is 30.9 Å². The Morgan fingerprint density at radius 2 is 1.88 bits per heavy atom. The fraction of sp³-hybridized carbons (Fsp3) is 0.375. The van der Waals surface area contributed by atoms with Crippen LogP contribution in [0.3, 0.4) is 0 Å². The number of nitrogens with one attached hydrogen (secondary N) is 1. The van der Waals surface area contributed by atoms with Crippen LogP contribution in [-0.2, 0) is 10.0 Å². The predicted molar refractivity (Wildman–Crippen MR) is 96.9 cm³/mol. The second-order valence-electron chi connectivity index (χ2n) is 5.97. The highest BCUT2D eigenvalue weighted by Gasteiger charge is 2.33. The van der Waals surface area contributed by atoms with Gasteiger partial charge in [-0.3, -0.25) is 9.89 Å². The topological polar surface area (TPSA) is 86.4 Å². The fourth-order valence-electron chi connectivity index (χ4n) is 2.99. The summed E-state index contributed by atoms with van der Waals surface area (Å²) in [6.45, 7) is 4.63. The van der Waals surface area contributed by atoms with Crippen LogP contribution in [0.5, 0.6) is 0 Å². The van der Waals surface area contributed by atoms with Crippen molar-refractivity contribution in [3.8, 4) is 0 Å². The van der Waals surface area contributed by atoms with Crippen LogP contribution in [0, 0.1) is 13.8 Å². The summed E-state index contributed by atoms with van der Waals surface area (Å²) in [6.07, 6.45) is 0. The zero-order valence-corrected chi connectivity index (χ0v) is 16.4. The number of sulfonamides is 1. The first-order chi connectivity index (χ1) is 11.8. The number of nitrogens with zero attached hydrogens (tertiary/aromatic N) is 3. The van der Waals surface area contributed by atoms with E-state index in [1.165, 1.54) is 4.31 Å². The molecular weight excluding hydrogens is 408 g/mol. The first-order valence-electron chi connectivity index (χ1n) is 7.87. The van der Waals surface area contributed by atoms with Crippen molar-refractivity contribution in [3.05, 3.63) is 45.7 Å². The van der Waals surface area contributed by atoms with Gasteiger partial charge in [-0.05, 0) is 32.0 Å². The van der Waals surface area contributed by atoms with Gasteiger partial charge in [-0.15, -0.1) is 0 Å². The lowest BCUT2D eigenvalue weighted by Crippen LogP contribution is -2.50. The van der Waals surface area contributed by atoms with Gasteiger partial charge in [-0.25, -0.2) is 8.42 Å². The molecule has 0 radical (unpaired) electrons. The van der Waals surface area contributed by atoms with Crippen LogP contribution in [0.1, 0.15) is 21.7 Å². The summed E-state index contributed by atoms with van der Waals surface area (Å²) in [7, 11) is -3.61. The van der Waals surface area contributed by atoms with Gasteiger partial charge in [-0.1, -0.05) is 22.0 Å². The van der Waals surface area contributed by atoms with E-state index >= 15 is 0 Å². The Balaban J connectivity index is 1.73. The molecule has 1 aromatic heterocycles. The van der Waals surface area contributed by atoms with Crippen molar-refractivity contribution < 1.29 is 13.2 Å². The number of rotatable bonds is 3. The number of carbonyl (C=O) groups is 1. The van der Waals surface area contributed by atoms with Crippen LogP contribution in [0.15, 0.2) is 33.6 Å². The largest absolute Gasteiger partial charge is 0.336 e. The quantitative estimate of drug-likeness (QED) is 0.811. The van der Waals surface area contributed by atoms with Crippen molar-refractivity contribution >= 4 is 31.9 Å². The Morgan fingerprint density at radius 3 is 2.44 bits per heavy atom. The summed E-state index contributed by atoms with van der Waals surface area (Å²) in [5.41, 5.74) is 1.59. The molecule has 134 valence electrons. The Morgan fingerprint density at radius 1 is 1.20 bits per heavy atom. The second-order valence-corrected chi connectivity index (χ2v) is 8.76. The van der Waals surface area contributed by atoms with Crippen LogP contribution in [0.4, 0.5) is 0 Å². The molecule has 2 aromatic rings. The summed E-state index contributed by atoms with van der Waals surface area (Å²) < 4.78 is 27.9. The fourth-order valence-corrected chi connectivity index (χ4v) is 5.14. The highest BCUT2D eigenvalue weighted by Crippen LogP contribution is 2.23. The number of H-pyrrole nitrogens is 1. The normalized spacial score (nSPS) is 16.2. The third-order valence-corrected chi connectivity index (χ3v) is 6.91. The van der Waals surface area contributed by atoms with Crippen molar-refractivity contribution in [1.82, 2.24) is 19.4 Å². The van der Waals surface area contributed by atoms with Gasteiger partial charge < -0.3 is 4.90 Å². The number of aromatic amines is 1. The second kappa shape index (κ2) is 6.89. The molecular formula is C16H19BrN4O3S. The molecule has 0 atom stereocenters. The molecule has 25 heavy (non-hydrogen) atoms. The van der Waals surface area contributed by atoms with Gasteiger partial charge in [0.05, 0.1) is 11.4 Å². The minimum Gasteiger partial charge on any atom is -0.336 e. The van der Waals surface area contributed by atoms with Gasteiger partial charge in [0.2, 0.25) is 10.0 Å². The molecule has 1 aliphatic rings. The molecule has 1 fully saturated rings. The number of halogens is 1. The van der Waals surface area contributed by atoms with Crippen LogP contribution < -0.4 is 0 Å². The number of aryl methyl sites for hydroxylation is 2. The lowest BCUT2D eigenvalue weighted by Gasteiger charge is -2.34. The van der Waals surface area contributed by atoms with Gasteiger partial charge >= 0.3 is 0 Å². The number of piperazine rings is 1. The molecule has 1 N–H and O–H groups in total. The number of hydrogen-bond donors (Lipinski definition) is 1. The first kappa shape index (κ1) is 18.1. The first-order valence-corrected chi connectivity index (χ1v) is 10.1. The Labute approximate surface area is 155 Å².